The SMILES string of the molecule is N#Cc1ccc(-c2ccc3c(c2)c2cc(-c4ccc(C#N)cc4C#N)ccc2n3-c2ccc(-c3c(C(F)(F)F)cccc3C(F)(F)F)cc2-c2c(C#N)cccc2-n2c3ccc(-c4ccc(C#N)cc4C#N)cc3c3cc(-c4ccc(C#N)cc4C#N)ccc32)c(C#N)c1. The van der Waals surface area contributed by atoms with Crippen LogP contribution in [-0.2, 0) is 12.4 Å². The Kier molecular flexibility index (Phi) is 14.4. The molecule has 0 spiro atoms. The van der Waals surface area contributed by atoms with Crippen molar-refractivity contribution in [3.8, 4) is 133 Å². The fourth-order valence-electron chi connectivity index (χ4n) is 12.6. The number of hydrogen-bond acceptors (Lipinski definition) is 9. The highest BCUT2D eigenvalue weighted by Crippen LogP contribution is 2.50. The minimum absolute atomic E-state index is 0.0184. The molecular formula is C77H33F6N11. The van der Waals surface area contributed by atoms with E-state index in [4.69, 9.17) is 0 Å². The molecule has 0 fully saturated rings. The average Bonchev–Trinajstić information content (AvgIpc) is 1.53. The molecule has 0 bridgehead atoms. The van der Waals surface area contributed by atoms with Gasteiger partial charge >= 0.3 is 12.4 Å². The lowest BCUT2D eigenvalue weighted by Gasteiger charge is -2.23. The summed E-state index contributed by atoms with van der Waals surface area (Å²) in [7, 11) is 0. The third-order valence-corrected chi connectivity index (χ3v) is 16.7. The van der Waals surface area contributed by atoms with E-state index in [1.165, 1.54) is 48.5 Å². The lowest BCUT2D eigenvalue weighted by molar-refractivity contribution is -0.142. The number of aromatic nitrogens is 2. The van der Waals surface area contributed by atoms with Gasteiger partial charge < -0.3 is 9.13 Å². The van der Waals surface area contributed by atoms with Crippen molar-refractivity contribution in [2.24, 2.45) is 0 Å². The molecule has 13 aromatic rings. The molecule has 2 aromatic heterocycles. The molecule has 0 radical (unpaired) electrons. The van der Waals surface area contributed by atoms with Crippen LogP contribution in [0.2, 0.25) is 0 Å². The van der Waals surface area contributed by atoms with Crippen molar-refractivity contribution in [2.45, 2.75) is 12.4 Å². The standard InChI is InChI=1S/C77H33F6N11/c78-76(79,80)66-4-2-5-67(77(81,82)83)75(66)51-15-24-72(93-68-20-11-47(57-16-7-43(34-84)25-53(57)39-89)29-61(68)62-30-48(12-21-69(62)93)58-17-8-44(35-85)26-54(58)40-90)65(33-51)74-52(38-88)3-1-6-73(74)94-70-22-13-49(59-18-9-45(36-86)27-55(59)41-91)31-63(70)64-32-50(14-23-71(64)94)60-19-10-46(37-87)28-56(60)42-92/h1-33H. The van der Waals surface area contributed by atoms with E-state index in [0.29, 0.717) is 106 Å². The first-order valence-electron chi connectivity index (χ1n) is 28.4. The molecule has 17 heteroatoms. The van der Waals surface area contributed by atoms with Crippen LogP contribution < -0.4 is 0 Å². The molecule has 0 atom stereocenters. The van der Waals surface area contributed by atoms with Crippen molar-refractivity contribution in [3.63, 3.8) is 0 Å². The monoisotopic (exact) mass is 1230 g/mol. The van der Waals surface area contributed by atoms with E-state index >= 15 is 26.3 Å². The quantitative estimate of drug-likeness (QED) is 0.132. The second kappa shape index (κ2) is 22.9. The first-order valence-corrected chi connectivity index (χ1v) is 28.4. The van der Waals surface area contributed by atoms with Crippen molar-refractivity contribution in [3.05, 3.63) is 261 Å². The Morgan fingerprint density at radius 2 is 0.574 bits per heavy atom. The molecule has 0 N–H and O–H groups in total. The van der Waals surface area contributed by atoms with E-state index in [-0.39, 0.29) is 72.6 Å². The van der Waals surface area contributed by atoms with Gasteiger partial charge in [0, 0.05) is 38.2 Å². The summed E-state index contributed by atoms with van der Waals surface area (Å²) < 4.78 is 96.0. The molecule has 2 heterocycles. The maximum absolute atomic E-state index is 15.4. The summed E-state index contributed by atoms with van der Waals surface area (Å²) >= 11 is 0. The number of fused-ring (bicyclic) bond motifs is 6. The van der Waals surface area contributed by atoms with Gasteiger partial charge in [0.25, 0.3) is 0 Å². The molecule has 0 aliphatic heterocycles. The van der Waals surface area contributed by atoms with Crippen LogP contribution in [0.3, 0.4) is 0 Å². The molecule has 438 valence electrons. The summed E-state index contributed by atoms with van der Waals surface area (Å²) in [6.45, 7) is 0. The molecule has 11 aromatic carbocycles. The van der Waals surface area contributed by atoms with Crippen LogP contribution in [0.25, 0.3) is 122 Å². The van der Waals surface area contributed by atoms with Gasteiger partial charge in [-0.3, -0.25) is 0 Å². The number of alkyl halides is 6. The second-order valence-corrected chi connectivity index (χ2v) is 21.8. The smallest absolute Gasteiger partial charge is 0.309 e. The van der Waals surface area contributed by atoms with Gasteiger partial charge in [0.2, 0.25) is 0 Å². The number of nitrogens with zero attached hydrogens (tertiary/aromatic N) is 11. The van der Waals surface area contributed by atoms with E-state index in [1.807, 2.05) is 16.7 Å². The van der Waals surface area contributed by atoms with Gasteiger partial charge in [-0.1, -0.05) is 66.7 Å². The topological polar surface area (TPSA) is 224 Å². The lowest BCUT2D eigenvalue weighted by atomic mass is 9.89. The molecular weight excluding hydrogens is 1190 g/mol. The molecule has 0 aliphatic rings. The van der Waals surface area contributed by atoms with Gasteiger partial charge in [0.15, 0.2) is 0 Å². The Bertz CT molecular complexity index is 5620. The van der Waals surface area contributed by atoms with Crippen molar-refractivity contribution >= 4 is 43.6 Å². The van der Waals surface area contributed by atoms with E-state index in [0.717, 1.165) is 0 Å². The van der Waals surface area contributed by atoms with Crippen molar-refractivity contribution in [2.75, 3.05) is 0 Å². The summed E-state index contributed by atoms with van der Waals surface area (Å²) in [5, 5.41) is 94.2. The van der Waals surface area contributed by atoms with Gasteiger partial charge in [0.05, 0.1) is 149 Å². The zero-order valence-electron chi connectivity index (χ0n) is 48.2. The molecule has 94 heavy (non-hydrogen) atoms. The van der Waals surface area contributed by atoms with Crippen LogP contribution >= 0.6 is 0 Å². The Balaban J connectivity index is 1.17. The Morgan fingerprint density at radius 3 is 0.894 bits per heavy atom. The number of nitriles is 9. The van der Waals surface area contributed by atoms with Gasteiger partial charge in [-0.2, -0.15) is 73.7 Å². The molecule has 0 amide bonds. The maximum atomic E-state index is 15.4. The second-order valence-electron chi connectivity index (χ2n) is 21.8. The number of halogens is 6. The minimum Gasteiger partial charge on any atom is -0.309 e. The normalized spacial score (nSPS) is 11.2. The number of hydrogen-bond donors (Lipinski definition) is 0. The predicted molar refractivity (Wildman–Crippen MR) is 340 cm³/mol. The number of rotatable bonds is 8. The summed E-state index contributed by atoms with van der Waals surface area (Å²) in [5.74, 6) is 0. The highest BCUT2D eigenvalue weighted by atomic mass is 19.4. The number of benzene rings is 11. The molecule has 0 aliphatic carbocycles. The van der Waals surface area contributed by atoms with Crippen LogP contribution in [0.15, 0.2) is 200 Å². The summed E-state index contributed by atoms with van der Waals surface area (Å²) in [4.78, 5) is 0. The van der Waals surface area contributed by atoms with Gasteiger partial charge in [-0.25, -0.2) is 0 Å². The van der Waals surface area contributed by atoms with E-state index in [2.05, 4.69) is 54.6 Å². The van der Waals surface area contributed by atoms with Crippen LogP contribution in [0, 0.1) is 102 Å². The van der Waals surface area contributed by atoms with Crippen LogP contribution in [0.4, 0.5) is 26.3 Å². The predicted octanol–water partition coefficient (Wildman–Crippen LogP) is 18.8. The zero-order valence-corrected chi connectivity index (χ0v) is 48.2. The third kappa shape index (κ3) is 9.82. The fraction of sp³-hybridized carbons (Fsp3) is 0.0260. The average molecular weight is 1230 g/mol. The maximum Gasteiger partial charge on any atom is 0.417 e. The Hall–Kier alpha value is -14.0. The first-order chi connectivity index (χ1) is 45.4. The summed E-state index contributed by atoms with van der Waals surface area (Å²) in [6, 6.07) is 69.4. The van der Waals surface area contributed by atoms with Crippen LogP contribution in [-0.4, -0.2) is 9.13 Å². The van der Waals surface area contributed by atoms with Crippen molar-refractivity contribution in [1.29, 1.82) is 47.4 Å². The third-order valence-electron chi connectivity index (χ3n) is 16.7. The van der Waals surface area contributed by atoms with Crippen LogP contribution in [0.5, 0.6) is 0 Å². The summed E-state index contributed by atoms with van der Waals surface area (Å²) in [5.41, 5.74) is 2.98. The van der Waals surface area contributed by atoms with Crippen LogP contribution in [0.1, 0.15) is 61.2 Å². The lowest BCUT2D eigenvalue weighted by Crippen LogP contribution is -2.14. The molecule has 13 rings (SSSR count). The largest absolute Gasteiger partial charge is 0.417 e. The highest BCUT2D eigenvalue weighted by Gasteiger charge is 2.41. The van der Waals surface area contributed by atoms with E-state index < -0.39 is 34.6 Å². The fourth-order valence-corrected chi connectivity index (χ4v) is 12.6. The van der Waals surface area contributed by atoms with Crippen molar-refractivity contribution < 1.29 is 26.3 Å². The zero-order chi connectivity index (χ0) is 65.9. The molecule has 11 nitrogen and oxygen atoms in total. The van der Waals surface area contributed by atoms with E-state index in [1.54, 1.807) is 126 Å². The molecule has 0 unspecified atom stereocenters. The first kappa shape index (κ1) is 59.0. The highest BCUT2D eigenvalue weighted by molar-refractivity contribution is 6.14. The van der Waals surface area contributed by atoms with Gasteiger partial charge in [0.1, 0.15) is 0 Å². The van der Waals surface area contributed by atoms with Gasteiger partial charge in [-0.05, 0) is 184 Å². The van der Waals surface area contributed by atoms with Crippen molar-refractivity contribution in [1.82, 2.24) is 9.13 Å². The Morgan fingerprint density at radius 1 is 0.255 bits per heavy atom. The Labute approximate surface area is 530 Å². The van der Waals surface area contributed by atoms with Gasteiger partial charge in [-0.15, -0.1) is 0 Å². The molecule has 0 saturated heterocycles. The van der Waals surface area contributed by atoms with E-state index in [9.17, 15) is 47.4 Å². The molecule has 0 saturated carbocycles. The minimum atomic E-state index is -5.31. The summed E-state index contributed by atoms with van der Waals surface area (Å²) in [6.07, 6.45) is -10.6.